The average molecular weight is 267 g/mol. The van der Waals surface area contributed by atoms with E-state index in [1.54, 1.807) is 10.8 Å². The molecule has 2 aromatic rings. The molecular formula is C9H9N5OS2. The topological polar surface area (TPSA) is 99.8 Å². The van der Waals surface area contributed by atoms with Crippen molar-refractivity contribution in [2.75, 3.05) is 5.73 Å². The normalized spacial score (nSPS) is 11.4. The van der Waals surface area contributed by atoms with Crippen LogP contribution in [0.25, 0.3) is 16.5 Å². The number of hydrogen-bond acceptors (Lipinski definition) is 6. The summed E-state index contributed by atoms with van der Waals surface area (Å²) in [7, 11) is 0. The van der Waals surface area contributed by atoms with Gasteiger partial charge in [-0.05, 0) is 19.1 Å². The van der Waals surface area contributed by atoms with Crippen LogP contribution in [0, 0.1) is 3.95 Å². The first-order valence-corrected chi connectivity index (χ1v) is 5.88. The first kappa shape index (κ1) is 11.7. The van der Waals surface area contributed by atoms with E-state index < -0.39 is 5.91 Å². The van der Waals surface area contributed by atoms with Crippen LogP contribution in [0.2, 0.25) is 0 Å². The molecule has 88 valence electrons. The zero-order valence-electron chi connectivity index (χ0n) is 8.88. The van der Waals surface area contributed by atoms with E-state index in [1.807, 2.05) is 13.0 Å². The van der Waals surface area contributed by atoms with Gasteiger partial charge in [0.15, 0.2) is 9.60 Å². The first-order chi connectivity index (χ1) is 8.04. The number of nitrogen functional groups attached to an aromatic ring is 1. The predicted molar refractivity (Wildman–Crippen MR) is 70.2 cm³/mol. The minimum absolute atomic E-state index is 0.110. The van der Waals surface area contributed by atoms with Crippen LogP contribution < -0.4 is 11.5 Å². The Morgan fingerprint density at radius 3 is 2.82 bits per heavy atom. The highest BCUT2D eigenvalue weighted by Crippen LogP contribution is 2.26. The van der Waals surface area contributed by atoms with E-state index in [4.69, 9.17) is 23.7 Å². The van der Waals surface area contributed by atoms with Gasteiger partial charge in [0.2, 0.25) is 5.82 Å². The summed E-state index contributed by atoms with van der Waals surface area (Å²) in [6.07, 6.45) is 3.56. The first-order valence-electron chi connectivity index (χ1n) is 4.65. The number of hydrogen-bond donors (Lipinski definition) is 2. The van der Waals surface area contributed by atoms with Gasteiger partial charge in [-0.3, -0.25) is 9.36 Å². The number of nitrogens with zero attached hydrogens (tertiary/aromatic N) is 3. The molecule has 0 unspecified atom stereocenters. The summed E-state index contributed by atoms with van der Waals surface area (Å²) in [6.45, 7) is 1.85. The third kappa shape index (κ3) is 1.92. The lowest BCUT2D eigenvalue weighted by Gasteiger charge is -2.00. The van der Waals surface area contributed by atoms with Crippen molar-refractivity contribution in [2.45, 2.75) is 6.92 Å². The van der Waals surface area contributed by atoms with Crippen LogP contribution in [0.15, 0.2) is 6.08 Å². The number of allylic oxidation sites excluding steroid dienone is 1. The van der Waals surface area contributed by atoms with Crippen molar-refractivity contribution >= 4 is 51.8 Å². The second kappa shape index (κ2) is 4.22. The van der Waals surface area contributed by atoms with Crippen LogP contribution in [0.1, 0.15) is 17.5 Å². The molecular weight excluding hydrogens is 258 g/mol. The maximum absolute atomic E-state index is 11.1. The Hall–Kier alpha value is -1.80. The van der Waals surface area contributed by atoms with Crippen molar-refractivity contribution < 1.29 is 4.79 Å². The third-order valence-electron chi connectivity index (χ3n) is 2.01. The third-order valence-corrected chi connectivity index (χ3v) is 3.42. The molecule has 4 N–H and O–H groups in total. The number of aromatic nitrogens is 3. The van der Waals surface area contributed by atoms with E-state index >= 15 is 0 Å². The maximum atomic E-state index is 11.1. The standard InChI is InChI=1S/C9H9N5OS2/c1-2-3-14-8-4(17-9(14)16)5(10)12-7(13-8)6(11)15/h2-3H,1H3,(H2,11,15)(H2,10,12,13). The quantitative estimate of drug-likeness (QED) is 0.801. The second-order valence-corrected chi connectivity index (χ2v) is 4.81. The Balaban J connectivity index is 2.88. The van der Waals surface area contributed by atoms with Crippen molar-refractivity contribution in [1.82, 2.24) is 14.5 Å². The highest BCUT2D eigenvalue weighted by atomic mass is 32.1. The molecule has 0 aliphatic heterocycles. The number of carbonyl (C=O) groups excluding carboxylic acids is 1. The van der Waals surface area contributed by atoms with Crippen LogP contribution in [-0.4, -0.2) is 20.4 Å². The fourth-order valence-electron chi connectivity index (χ4n) is 1.33. The summed E-state index contributed by atoms with van der Waals surface area (Å²) in [5, 5.41) is 0. The van der Waals surface area contributed by atoms with Gasteiger partial charge in [-0.15, -0.1) is 0 Å². The molecule has 0 aliphatic carbocycles. The fraction of sp³-hybridized carbons (Fsp3) is 0.111. The minimum Gasteiger partial charge on any atom is -0.382 e. The van der Waals surface area contributed by atoms with Gasteiger partial charge in [0.25, 0.3) is 5.91 Å². The summed E-state index contributed by atoms with van der Waals surface area (Å²) < 4.78 is 2.90. The number of fused-ring (bicyclic) bond motifs is 1. The molecule has 0 radical (unpaired) electrons. The SMILES string of the molecule is CC=Cn1c(=S)sc2c(N)nc(C(N)=O)nc21. The lowest BCUT2D eigenvalue weighted by Crippen LogP contribution is -2.16. The van der Waals surface area contributed by atoms with Crippen LogP contribution >= 0.6 is 23.6 Å². The van der Waals surface area contributed by atoms with Crippen molar-refractivity contribution in [3.8, 4) is 0 Å². The molecule has 0 saturated heterocycles. The number of primary amides is 1. The molecule has 17 heavy (non-hydrogen) atoms. The molecule has 0 spiro atoms. The lowest BCUT2D eigenvalue weighted by atomic mass is 10.5. The molecule has 0 aromatic carbocycles. The van der Waals surface area contributed by atoms with Crippen LogP contribution in [0.4, 0.5) is 5.82 Å². The van der Waals surface area contributed by atoms with Gasteiger partial charge in [-0.25, -0.2) is 9.97 Å². The smallest absolute Gasteiger partial charge is 0.286 e. The minimum atomic E-state index is -0.720. The van der Waals surface area contributed by atoms with Crippen molar-refractivity contribution in [1.29, 1.82) is 0 Å². The molecule has 0 aliphatic rings. The van der Waals surface area contributed by atoms with Crippen LogP contribution in [0.3, 0.4) is 0 Å². The van der Waals surface area contributed by atoms with Crippen molar-refractivity contribution in [3.05, 3.63) is 15.9 Å². The predicted octanol–water partition coefficient (Wildman–Crippen LogP) is 1.39. The van der Waals surface area contributed by atoms with Crippen LogP contribution in [-0.2, 0) is 0 Å². The van der Waals surface area contributed by atoms with Gasteiger partial charge >= 0.3 is 0 Å². The largest absolute Gasteiger partial charge is 0.382 e. The average Bonchev–Trinajstić information content (AvgIpc) is 2.57. The molecule has 0 atom stereocenters. The monoisotopic (exact) mass is 267 g/mol. The Kier molecular flexibility index (Phi) is 2.90. The lowest BCUT2D eigenvalue weighted by molar-refractivity contribution is 0.0991. The van der Waals surface area contributed by atoms with Gasteiger partial charge in [-0.2, -0.15) is 0 Å². The van der Waals surface area contributed by atoms with Gasteiger partial charge < -0.3 is 11.5 Å². The Labute approximate surface area is 106 Å². The summed E-state index contributed by atoms with van der Waals surface area (Å²) in [6, 6.07) is 0. The second-order valence-electron chi connectivity index (χ2n) is 3.17. The summed E-state index contributed by atoms with van der Waals surface area (Å²) >= 11 is 6.47. The Bertz CT molecular complexity index is 684. The Morgan fingerprint density at radius 1 is 1.53 bits per heavy atom. The molecule has 6 nitrogen and oxygen atoms in total. The number of rotatable bonds is 2. The zero-order chi connectivity index (χ0) is 12.6. The van der Waals surface area contributed by atoms with Crippen molar-refractivity contribution in [3.63, 3.8) is 0 Å². The summed E-state index contributed by atoms with van der Waals surface area (Å²) in [5.41, 5.74) is 11.4. The molecule has 2 aromatic heterocycles. The zero-order valence-corrected chi connectivity index (χ0v) is 10.5. The number of amides is 1. The molecule has 2 rings (SSSR count). The molecule has 0 bridgehead atoms. The van der Waals surface area contributed by atoms with Gasteiger partial charge in [0, 0.05) is 6.20 Å². The fourth-order valence-corrected chi connectivity index (χ4v) is 2.53. The van der Waals surface area contributed by atoms with E-state index in [0.717, 1.165) is 0 Å². The van der Waals surface area contributed by atoms with E-state index in [0.29, 0.717) is 14.3 Å². The number of nitrogens with two attached hydrogens (primary N) is 2. The van der Waals surface area contributed by atoms with E-state index in [2.05, 4.69) is 9.97 Å². The Morgan fingerprint density at radius 2 is 2.24 bits per heavy atom. The highest BCUT2D eigenvalue weighted by Gasteiger charge is 2.14. The van der Waals surface area contributed by atoms with Crippen molar-refractivity contribution in [2.24, 2.45) is 5.73 Å². The molecule has 0 saturated carbocycles. The number of anilines is 1. The molecule has 2 heterocycles. The van der Waals surface area contributed by atoms with E-state index in [-0.39, 0.29) is 11.6 Å². The van der Waals surface area contributed by atoms with Gasteiger partial charge in [-0.1, -0.05) is 17.4 Å². The number of carbonyl (C=O) groups is 1. The van der Waals surface area contributed by atoms with E-state index in [9.17, 15) is 4.79 Å². The summed E-state index contributed by atoms with van der Waals surface area (Å²) in [5.74, 6) is -0.619. The van der Waals surface area contributed by atoms with Gasteiger partial charge in [0.1, 0.15) is 10.5 Å². The maximum Gasteiger partial charge on any atom is 0.286 e. The molecule has 1 amide bonds. The van der Waals surface area contributed by atoms with Crippen LogP contribution in [0.5, 0.6) is 0 Å². The molecule has 0 fully saturated rings. The van der Waals surface area contributed by atoms with Gasteiger partial charge in [0.05, 0.1) is 0 Å². The van der Waals surface area contributed by atoms with E-state index in [1.165, 1.54) is 11.3 Å². The molecule has 8 heteroatoms. The number of thiazole rings is 1. The highest BCUT2D eigenvalue weighted by molar-refractivity contribution is 7.73. The summed E-state index contributed by atoms with van der Waals surface area (Å²) in [4.78, 5) is 19.0.